The molecule has 0 fully saturated rings. The van der Waals surface area contributed by atoms with E-state index in [1.54, 1.807) is 12.1 Å². The van der Waals surface area contributed by atoms with Crippen LogP contribution in [0.3, 0.4) is 0 Å². The van der Waals surface area contributed by atoms with Crippen LogP contribution in [0.2, 0.25) is 0 Å². The van der Waals surface area contributed by atoms with Gasteiger partial charge in [0.05, 0.1) is 12.2 Å². The van der Waals surface area contributed by atoms with Gasteiger partial charge in [-0.25, -0.2) is 4.79 Å². The van der Waals surface area contributed by atoms with Crippen LogP contribution in [0.15, 0.2) is 42.5 Å². The molecule has 2 rings (SSSR count). The number of primary amides is 1. The molecule has 2 aromatic rings. The lowest BCUT2D eigenvalue weighted by molar-refractivity contribution is -0.137. The molecular formula is C16H14F3NO3. The third kappa shape index (κ3) is 4.01. The molecule has 0 aliphatic rings. The monoisotopic (exact) mass is 325 g/mol. The molecule has 0 aliphatic heterocycles. The molecule has 7 heteroatoms. The Kier molecular flexibility index (Phi) is 4.90. The zero-order chi connectivity index (χ0) is 17.0. The molecule has 0 saturated heterocycles. The van der Waals surface area contributed by atoms with Crippen LogP contribution in [0, 0.1) is 0 Å². The Morgan fingerprint density at radius 2 is 1.87 bits per heavy atom. The first-order valence-electron chi connectivity index (χ1n) is 6.64. The Morgan fingerprint density at radius 3 is 2.48 bits per heavy atom. The van der Waals surface area contributed by atoms with Gasteiger partial charge in [-0.2, -0.15) is 13.2 Å². The molecule has 0 radical (unpaired) electrons. The number of ether oxygens (including phenoxy) is 1. The van der Waals surface area contributed by atoms with Crippen molar-refractivity contribution in [3.05, 3.63) is 59.2 Å². The summed E-state index contributed by atoms with van der Waals surface area (Å²) in [5, 5.41) is 9.18. The zero-order valence-corrected chi connectivity index (χ0v) is 11.9. The van der Waals surface area contributed by atoms with Crippen LogP contribution in [0.1, 0.15) is 16.7 Å². The lowest BCUT2D eigenvalue weighted by Crippen LogP contribution is -2.14. The Balaban J connectivity index is 2.62. The summed E-state index contributed by atoms with van der Waals surface area (Å²) in [5.74, 6) is 0. The van der Waals surface area contributed by atoms with Gasteiger partial charge in [0.2, 0.25) is 0 Å². The van der Waals surface area contributed by atoms with Gasteiger partial charge in [-0.1, -0.05) is 30.3 Å². The van der Waals surface area contributed by atoms with Gasteiger partial charge in [0, 0.05) is 5.56 Å². The van der Waals surface area contributed by atoms with Crippen LogP contribution in [-0.4, -0.2) is 11.2 Å². The summed E-state index contributed by atoms with van der Waals surface area (Å²) < 4.78 is 44.6. The van der Waals surface area contributed by atoms with Gasteiger partial charge in [0.15, 0.2) is 0 Å². The lowest BCUT2D eigenvalue weighted by Gasteiger charge is -2.17. The van der Waals surface area contributed by atoms with Gasteiger partial charge in [0.25, 0.3) is 0 Å². The minimum atomic E-state index is -4.58. The van der Waals surface area contributed by atoms with E-state index >= 15 is 0 Å². The number of hydrogen-bond donors (Lipinski definition) is 2. The Hall–Kier alpha value is -2.54. The second-order valence-corrected chi connectivity index (χ2v) is 4.80. The molecule has 0 atom stereocenters. The van der Waals surface area contributed by atoms with Gasteiger partial charge in [-0.15, -0.1) is 0 Å². The number of hydrogen-bond acceptors (Lipinski definition) is 3. The number of carbonyl (C=O) groups excluding carboxylic acids is 1. The van der Waals surface area contributed by atoms with Crippen LogP contribution >= 0.6 is 0 Å². The molecule has 0 unspecified atom stereocenters. The van der Waals surface area contributed by atoms with Crippen LogP contribution in [0.25, 0.3) is 11.1 Å². The van der Waals surface area contributed by atoms with Gasteiger partial charge in [-0.05, 0) is 28.8 Å². The SMILES string of the molecule is NC(=O)OCc1cccc(C(F)(F)F)c1-c1cccc(CO)c1. The Bertz CT molecular complexity index is 714. The number of amides is 1. The van der Waals surface area contributed by atoms with Gasteiger partial charge in [0.1, 0.15) is 6.61 Å². The van der Waals surface area contributed by atoms with Crippen LogP contribution in [-0.2, 0) is 24.1 Å². The summed E-state index contributed by atoms with van der Waals surface area (Å²) in [6.07, 6.45) is -5.65. The van der Waals surface area contributed by atoms with Crippen molar-refractivity contribution in [2.45, 2.75) is 19.4 Å². The van der Waals surface area contributed by atoms with E-state index in [0.717, 1.165) is 6.07 Å². The molecule has 0 saturated carbocycles. The van der Waals surface area contributed by atoms with Crippen LogP contribution < -0.4 is 5.73 Å². The van der Waals surface area contributed by atoms with E-state index in [1.165, 1.54) is 24.3 Å². The van der Waals surface area contributed by atoms with Crippen molar-refractivity contribution < 1.29 is 27.8 Å². The molecule has 3 N–H and O–H groups in total. The van der Waals surface area contributed by atoms with Crippen molar-refractivity contribution in [1.82, 2.24) is 0 Å². The normalized spacial score (nSPS) is 11.3. The summed E-state index contributed by atoms with van der Waals surface area (Å²) in [5.41, 5.74) is 4.85. The molecule has 4 nitrogen and oxygen atoms in total. The van der Waals surface area contributed by atoms with Crippen molar-refractivity contribution in [2.75, 3.05) is 0 Å². The standard InChI is InChI=1S/C16H14F3NO3/c17-16(18,19)13-6-2-5-12(9-23-15(20)22)14(13)11-4-1-3-10(7-11)8-21/h1-7,21H,8-9H2,(H2,20,22). The lowest BCUT2D eigenvalue weighted by atomic mass is 9.93. The van der Waals surface area contributed by atoms with E-state index < -0.39 is 17.8 Å². The average molecular weight is 325 g/mol. The summed E-state index contributed by atoms with van der Waals surface area (Å²) in [4.78, 5) is 10.7. The van der Waals surface area contributed by atoms with Crippen molar-refractivity contribution in [3.63, 3.8) is 0 Å². The van der Waals surface area contributed by atoms with Crippen LogP contribution in [0.5, 0.6) is 0 Å². The first-order chi connectivity index (χ1) is 10.8. The van der Waals surface area contributed by atoms with E-state index in [9.17, 15) is 23.1 Å². The molecule has 2 aromatic carbocycles. The maximum Gasteiger partial charge on any atom is 0.417 e. The largest absolute Gasteiger partial charge is 0.445 e. The first kappa shape index (κ1) is 16.8. The van der Waals surface area contributed by atoms with Crippen LogP contribution in [0.4, 0.5) is 18.0 Å². The smallest absolute Gasteiger partial charge is 0.417 e. The molecule has 0 aromatic heterocycles. The first-order valence-corrected chi connectivity index (χ1v) is 6.64. The highest BCUT2D eigenvalue weighted by molar-refractivity contribution is 5.73. The van der Waals surface area contributed by atoms with Crippen molar-refractivity contribution in [1.29, 1.82) is 0 Å². The highest BCUT2D eigenvalue weighted by atomic mass is 19.4. The number of carbonyl (C=O) groups is 1. The minimum absolute atomic E-state index is 0.100. The number of rotatable bonds is 4. The fourth-order valence-electron chi connectivity index (χ4n) is 2.27. The summed E-state index contributed by atoms with van der Waals surface area (Å²) in [6.45, 7) is -0.674. The molecule has 23 heavy (non-hydrogen) atoms. The highest BCUT2D eigenvalue weighted by Crippen LogP contribution is 2.39. The zero-order valence-electron chi connectivity index (χ0n) is 11.9. The van der Waals surface area contributed by atoms with Crippen molar-refractivity contribution in [2.24, 2.45) is 5.73 Å². The number of benzene rings is 2. The topological polar surface area (TPSA) is 72.6 Å². The molecule has 0 aliphatic carbocycles. The van der Waals surface area contributed by atoms with Gasteiger partial charge < -0.3 is 15.6 Å². The fraction of sp³-hybridized carbons (Fsp3) is 0.188. The van der Waals surface area contributed by atoms with Gasteiger partial charge >= 0.3 is 12.3 Å². The average Bonchev–Trinajstić information content (AvgIpc) is 2.51. The predicted molar refractivity (Wildman–Crippen MR) is 77.2 cm³/mol. The van der Waals surface area contributed by atoms with E-state index in [-0.39, 0.29) is 29.9 Å². The number of aliphatic hydroxyl groups excluding tert-OH is 1. The van der Waals surface area contributed by atoms with E-state index in [0.29, 0.717) is 5.56 Å². The maximum absolute atomic E-state index is 13.3. The van der Waals surface area contributed by atoms with E-state index in [4.69, 9.17) is 5.73 Å². The molecular weight excluding hydrogens is 311 g/mol. The highest BCUT2D eigenvalue weighted by Gasteiger charge is 2.34. The predicted octanol–water partition coefficient (Wildman–Crippen LogP) is 3.46. The molecule has 0 spiro atoms. The Labute approximate surface area is 130 Å². The van der Waals surface area contributed by atoms with Crippen molar-refractivity contribution >= 4 is 6.09 Å². The molecule has 1 amide bonds. The quantitative estimate of drug-likeness (QED) is 0.904. The number of nitrogens with two attached hydrogens (primary N) is 1. The fourth-order valence-corrected chi connectivity index (χ4v) is 2.27. The summed E-state index contributed by atoms with van der Waals surface area (Å²) in [6, 6.07) is 9.72. The number of halogens is 3. The summed E-state index contributed by atoms with van der Waals surface area (Å²) in [7, 11) is 0. The molecule has 122 valence electrons. The third-order valence-electron chi connectivity index (χ3n) is 3.22. The summed E-state index contributed by atoms with van der Waals surface area (Å²) >= 11 is 0. The molecule has 0 bridgehead atoms. The minimum Gasteiger partial charge on any atom is -0.445 e. The number of alkyl halides is 3. The Morgan fingerprint density at radius 1 is 1.17 bits per heavy atom. The molecule has 0 heterocycles. The van der Waals surface area contributed by atoms with Crippen molar-refractivity contribution in [3.8, 4) is 11.1 Å². The third-order valence-corrected chi connectivity index (χ3v) is 3.22. The second kappa shape index (κ2) is 6.70. The number of aliphatic hydroxyl groups is 1. The maximum atomic E-state index is 13.3. The van der Waals surface area contributed by atoms with E-state index in [1.807, 2.05) is 0 Å². The second-order valence-electron chi connectivity index (χ2n) is 4.80. The van der Waals surface area contributed by atoms with E-state index in [2.05, 4.69) is 4.74 Å². The van der Waals surface area contributed by atoms with Gasteiger partial charge in [-0.3, -0.25) is 0 Å².